The predicted octanol–water partition coefficient (Wildman–Crippen LogP) is 1.17. The number of carbonyl (C=O) groups is 1. The van der Waals surface area contributed by atoms with Crippen LogP contribution in [0.2, 0.25) is 0 Å². The summed E-state index contributed by atoms with van der Waals surface area (Å²) in [7, 11) is 0. The third-order valence-corrected chi connectivity index (χ3v) is 0.721. The van der Waals surface area contributed by atoms with Crippen molar-refractivity contribution in [2.24, 2.45) is 4.99 Å². The maximum absolute atomic E-state index is 10.5. The highest BCUT2D eigenvalue weighted by Crippen LogP contribution is 1.79. The van der Waals surface area contributed by atoms with E-state index in [1.165, 1.54) is 12.3 Å². The van der Waals surface area contributed by atoms with Gasteiger partial charge in [-0.1, -0.05) is 0 Å². The molecule has 10 heavy (non-hydrogen) atoms. The molecule has 0 spiro atoms. The van der Waals surface area contributed by atoms with Gasteiger partial charge in [-0.15, -0.1) is 0 Å². The minimum absolute atomic E-state index is 0.455. The van der Waals surface area contributed by atoms with Crippen LogP contribution in [0.4, 0.5) is 0 Å². The number of hydrogen-bond acceptors (Lipinski definition) is 3. The Bertz CT molecular complexity index is 182. The number of aliphatic imine (C=N–C) groups is 1. The molecule has 0 radical (unpaired) electrons. The molecule has 54 valence electrons. The molecule has 0 aromatic rings. The van der Waals surface area contributed by atoms with Gasteiger partial charge in [0.05, 0.1) is 18.0 Å². The van der Waals surface area contributed by atoms with E-state index in [-0.39, 0.29) is 0 Å². The van der Waals surface area contributed by atoms with Gasteiger partial charge in [0.25, 0.3) is 5.91 Å². The van der Waals surface area contributed by atoms with Gasteiger partial charge in [0.1, 0.15) is 0 Å². The van der Waals surface area contributed by atoms with Crippen molar-refractivity contribution in [2.45, 2.75) is 6.92 Å². The van der Waals surface area contributed by atoms with Gasteiger partial charge < -0.3 is 4.74 Å². The third-order valence-electron chi connectivity index (χ3n) is 0.629. The number of amides is 1. The molecule has 1 amide bonds. The molecular formula is C6H7NO2S. The average Bonchev–Trinajstić information content (AvgIpc) is 1.89. The summed E-state index contributed by atoms with van der Waals surface area (Å²) >= 11 is 4.19. The minimum atomic E-state index is -0.455. The molecule has 0 unspecified atom stereocenters. The van der Waals surface area contributed by atoms with Gasteiger partial charge >= 0.3 is 0 Å². The van der Waals surface area contributed by atoms with E-state index in [1.807, 2.05) is 12.1 Å². The summed E-state index contributed by atoms with van der Waals surface area (Å²) in [5, 5.41) is 1.95. The Labute approximate surface area is 64.4 Å². The molecule has 0 atom stereocenters. The fraction of sp³-hybridized carbons (Fsp3) is 0.333. The van der Waals surface area contributed by atoms with Crippen LogP contribution >= 0.6 is 12.2 Å². The van der Waals surface area contributed by atoms with Crippen LogP contribution in [0.5, 0.6) is 0 Å². The first-order valence-electron chi connectivity index (χ1n) is 2.71. The number of hydrogen-bond donors (Lipinski definition) is 0. The van der Waals surface area contributed by atoms with E-state index in [2.05, 4.69) is 17.2 Å². The lowest BCUT2D eigenvalue weighted by molar-refractivity contribution is -0.113. The smallest absolute Gasteiger partial charge is 0.281 e. The molecule has 0 aliphatic carbocycles. The van der Waals surface area contributed by atoms with Gasteiger partial charge in [-0.2, -0.15) is 4.99 Å². The van der Waals surface area contributed by atoms with Gasteiger partial charge in [-0.25, -0.2) is 0 Å². The molecule has 0 fully saturated rings. The van der Waals surface area contributed by atoms with E-state index in [4.69, 9.17) is 4.74 Å². The molecular weight excluding hydrogens is 150 g/mol. The van der Waals surface area contributed by atoms with E-state index in [1.54, 1.807) is 0 Å². The zero-order valence-corrected chi connectivity index (χ0v) is 6.35. The quantitative estimate of drug-likeness (QED) is 0.267. The number of nitrogens with zero attached hydrogens (tertiary/aromatic N) is 1. The molecule has 0 bridgehead atoms. The van der Waals surface area contributed by atoms with Crippen molar-refractivity contribution in [1.29, 1.82) is 0 Å². The molecule has 0 saturated heterocycles. The van der Waals surface area contributed by atoms with Crippen LogP contribution < -0.4 is 0 Å². The minimum Gasteiger partial charge on any atom is -0.501 e. The zero-order valence-electron chi connectivity index (χ0n) is 5.53. The number of carbonyl (C=O) groups excluding carboxylic acids is 1. The second kappa shape index (κ2) is 6.13. The molecule has 0 N–H and O–H groups in total. The summed E-state index contributed by atoms with van der Waals surface area (Å²) in [6.45, 7) is 2.35. The number of thiocarbonyl (C=S) groups is 1. The molecule has 3 nitrogen and oxygen atoms in total. The first kappa shape index (κ1) is 9.01. The van der Waals surface area contributed by atoms with Crippen LogP contribution in [-0.2, 0) is 9.53 Å². The maximum atomic E-state index is 10.5. The first-order valence-corrected chi connectivity index (χ1v) is 3.12. The fourth-order valence-corrected chi connectivity index (χ4v) is 0.375. The van der Waals surface area contributed by atoms with Crippen molar-refractivity contribution in [1.82, 2.24) is 0 Å². The summed E-state index contributed by atoms with van der Waals surface area (Å²) in [6.07, 6.45) is 2.46. The molecule has 0 aliphatic heterocycles. The molecule has 0 aromatic carbocycles. The van der Waals surface area contributed by atoms with Gasteiger partial charge in [0, 0.05) is 6.08 Å². The van der Waals surface area contributed by atoms with Crippen LogP contribution in [0.15, 0.2) is 17.3 Å². The lowest BCUT2D eigenvalue weighted by Gasteiger charge is -1.88. The Morgan fingerprint density at radius 1 is 1.90 bits per heavy atom. The normalized spacial score (nSPS) is 8.90. The Morgan fingerprint density at radius 3 is 3.10 bits per heavy atom. The number of rotatable bonds is 3. The number of isothiocyanates is 1. The van der Waals surface area contributed by atoms with Crippen molar-refractivity contribution >= 4 is 23.3 Å². The highest BCUT2D eigenvalue weighted by Gasteiger charge is 1.85. The highest BCUT2D eigenvalue weighted by atomic mass is 32.1. The van der Waals surface area contributed by atoms with Crippen LogP contribution in [0.25, 0.3) is 0 Å². The van der Waals surface area contributed by atoms with E-state index in [9.17, 15) is 4.79 Å². The molecule has 4 heteroatoms. The predicted molar refractivity (Wildman–Crippen MR) is 40.8 cm³/mol. The molecule has 0 aromatic heterocycles. The molecule has 0 heterocycles. The van der Waals surface area contributed by atoms with Gasteiger partial charge in [-0.3, -0.25) is 4.79 Å². The van der Waals surface area contributed by atoms with Crippen LogP contribution in [0.3, 0.4) is 0 Å². The first-order chi connectivity index (χ1) is 4.81. The summed E-state index contributed by atoms with van der Waals surface area (Å²) in [5.74, 6) is -0.455. The zero-order chi connectivity index (χ0) is 7.82. The SMILES string of the molecule is CCO/C=C/C(=O)N=C=S. The second-order valence-electron chi connectivity index (χ2n) is 1.30. The maximum Gasteiger partial charge on any atom is 0.281 e. The summed E-state index contributed by atoms with van der Waals surface area (Å²) in [5.41, 5.74) is 0. The van der Waals surface area contributed by atoms with E-state index in [0.717, 1.165) is 0 Å². The van der Waals surface area contributed by atoms with Crippen LogP contribution in [-0.4, -0.2) is 17.7 Å². The Morgan fingerprint density at radius 2 is 2.60 bits per heavy atom. The van der Waals surface area contributed by atoms with Gasteiger partial charge in [-0.05, 0) is 19.1 Å². The average molecular weight is 157 g/mol. The Kier molecular flexibility index (Phi) is 5.53. The molecule has 0 aliphatic rings. The van der Waals surface area contributed by atoms with Crippen molar-refractivity contribution in [3.8, 4) is 0 Å². The van der Waals surface area contributed by atoms with Gasteiger partial charge in [0.15, 0.2) is 0 Å². The van der Waals surface area contributed by atoms with Crippen molar-refractivity contribution in [3.05, 3.63) is 12.3 Å². The largest absolute Gasteiger partial charge is 0.501 e. The van der Waals surface area contributed by atoms with Gasteiger partial charge in [0.2, 0.25) is 0 Å². The molecule has 0 saturated carbocycles. The number of ether oxygens (including phenoxy) is 1. The van der Waals surface area contributed by atoms with E-state index >= 15 is 0 Å². The van der Waals surface area contributed by atoms with Crippen LogP contribution in [0.1, 0.15) is 6.92 Å². The highest BCUT2D eigenvalue weighted by molar-refractivity contribution is 7.78. The monoisotopic (exact) mass is 157 g/mol. The summed E-state index contributed by atoms with van der Waals surface area (Å²) in [4.78, 5) is 13.6. The Hall–Kier alpha value is -0.990. The van der Waals surface area contributed by atoms with Crippen LogP contribution in [0, 0.1) is 0 Å². The summed E-state index contributed by atoms with van der Waals surface area (Å²) in [6, 6.07) is 0. The third kappa shape index (κ3) is 5.15. The topological polar surface area (TPSA) is 38.7 Å². The second-order valence-corrected chi connectivity index (χ2v) is 1.48. The van der Waals surface area contributed by atoms with Crippen molar-refractivity contribution in [2.75, 3.05) is 6.61 Å². The van der Waals surface area contributed by atoms with Crippen molar-refractivity contribution < 1.29 is 9.53 Å². The summed E-state index contributed by atoms with van der Waals surface area (Å²) < 4.78 is 4.73. The van der Waals surface area contributed by atoms with Crippen molar-refractivity contribution in [3.63, 3.8) is 0 Å². The standard InChI is InChI=1S/C6H7NO2S/c1-2-9-4-3-6(8)7-5-10/h3-4H,2H2,1H3/b4-3+. The van der Waals surface area contributed by atoms with E-state index < -0.39 is 5.91 Å². The molecule has 0 rings (SSSR count). The van der Waals surface area contributed by atoms with E-state index in [0.29, 0.717) is 6.61 Å². The Balaban J connectivity index is 3.66. The fourth-order valence-electron chi connectivity index (χ4n) is 0.285. The lowest BCUT2D eigenvalue weighted by atomic mass is 10.6. The lowest BCUT2D eigenvalue weighted by Crippen LogP contribution is -1.85.